The van der Waals surface area contributed by atoms with Gasteiger partial charge in [-0.3, -0.25) is 0 Å². The molecule has 7 heteroatoms. The lowest BCUT2D eigenvalue weighted by Gasteiger charge is -2.25. The van der Waals surface area contributed by atoms with Crippen molar-refractivity contribution in [3.05, 3.63) is 82.2 Å². The quantitative estimate of drug-likeness (QED) is 0.501. The molecule has 3 aromatic rings. The summed E-state index contributed by atoms with van der Waals surface area (Å²) in [6, 6.07) is 20.6. The van der Waals surface area contributed by atoms with E-state index in [-0.39, 0.29) is 0 Å². The molecular formula is C25H23N5OS. The summed E-state index contributed by atoms with van der Waals surface area (Å²) in [5, 5.41) is 22.1. The van der Waals surface area contributed by atoms with Gasteiger partial charge in [0.1, 0.15) is 28.2 Å². The number of nitriles is 1. The molecule has 32 heavy (non-hydrogen) atoms. The van der Waals surface area contributed by atoms with E-state index in [0.717, 1.165) is 59.4 Å². The second-order valence-electron chi connectivity index (χ2n) is 7.71. The lowest BCUT2D eigenvalue weighted by molar-refractivity contribution is 0.415. The summed E-state index contributed by atoms with van der Waals surface area (Å²) in [6.45, 7) is 0.852. The molecule has 0 amide bonds. The SMILES string of the molecule is COc1ccc(C2=CSC(=C(C#N)c3nnc4n3CCCCC4)N2c2ccccc2)cc1. The van der Waals surface area contributed by atoms with Crippen molar-refractivity contribution in [3.8, 4) is 11.8 Å². The number of hydrogen-bond acceptors (Lipinski definition) is 6. The van der Waals surface area contributed by atoms with Gasteiger partial charge in [0.15, 0.2) is 5.82 Å². The van der Waals surface area contributed by atoms with E-state index in [0.29, 0.717) is 11.4 Å². The standard InChI is InChI=1S/C25H23N5OS/c1-31-20-13-11-18(12-14-20)22-17-32-25(30(22)19-8-4-2-5-9-19)21(16-26)24-28-27-23-10-6-3-7-15-29(23)24/h2,4-5,8-9,11-14,17H,3,6-7,10,15H2,1H3. The number of allylic oxidation sites excluding steroid dienone is 1. The van der Waals surface area contributed by atoms with E-state index in [2.05, 4.69) is 43.3 Å². The van der Waals surface area contributed by atoms with Crippen LogP contribution in [0.15, 0.2) is 65.0 Å². The van der Waals surface area contributed by atoms with E-state index in [4.69, 9.17) is 4.74 Å². The van der Waals surface area contributed by atoms with Crippen LogP contribution in [0.3, 0.4) is 0 Å². The number of aryl methyl sites for hydroxylation is 1. The molecule has 1 aromatic heterocycles. The Balaban J connectivity index is 1.63. The predicted molar refractivity (Wildman–Crippen MR) is 128 cm³/mol. The van der Waals surface area contributed by atoms with Crippen molar-refractivity contribution in [2.45, 2.75) is 32.2 Å². The number of nitrogens with zero attached hydrogens (tertiary/aromatic N) is 5. The molecule has 0 atom stereocenters. The Morgan fingerprint density at radius 1 is 1.03 bits per heavy atom. The fraction of sp³-hybridized carbons (Fsp3) is 0.240. The monoisotopic (exact) mass is 441 g/mol. The van der Waals surface area contributed by atoms with Crippen LogP contribution in [0.4, 0.5) is 5.69 Å². The Morgan fingerprint density at radius 2 is 1.84 bits per heavy atom. The summed E-state index contributed by atoms with van der Waals surface area (Å²) >= 11 is 1.55. The lowest BCUT2D eigenvalue weighted by Crippen LogP contribution is -2.18. The third-order valence-corrected chi connectivity index (χ3v) is 6.74. The molecule has 2 aromatic carbocycles. The predicted octanol–water partition coefficient (Wildman–Crippen LogP) is 5.46. The second-order valence-corrected chi connectivity index (χ2v) is 8.57. The normalized spacial score (nSPS) is 17.2. The van der Waals surface area contributed by atoms with Crippen LogP contribution in [0.2, 0.25) is 0 Å². The molecule has 0 bridgehead atoms. The van der Waals surface area contributed by atoms with Gasteiger partial charge >= 0.3 is 0 Å². The lowest BCUT2D eigenvalue weighted by atomic mass is 10.1. The Labute approximate surface area is 191 Å². The number of thioether (sulfide) groups is 1. The van der Waals surface area contributed by atoms with Gasteiger partial charge in [-0.15, -0.1) is 10.2 Å². The highest BCUT2D eigenvalue weighted by Crippen LogP contribution is 2.46. The highest BCUT2D eigenvalue weighted by molar-refractivity contribution is 8.06. The maximum Gasteiger partial charge on any atom is 0.177 e. The van der Waals surface area contributed by atoms with Gasteiger partial charge in [0.2, 0.25) is 0 Å². The summed E-state index contributed by atoms with van der Waals surface area (Å²) in [6.07, 6.45) is 4.28. The van der Waals surface area contributed by atoms with Crippen LogP contribution < -0.4 is 9.64 Å². The molecule has 3 heterocycles. The van der Waals surface area contributed by atoms with Gasteiger partial charge in [-0.05, 0) is 54.8 Å². The average Bonchev–Trinajstić information content (AvgIpc) is 3.38. The van der Waals surface area contributed by atoms with Crippen LogP contribution >= 0.6 is 11.8 Å². The van der Waals surface area contributed by atoms with Crippen molar-refractivity contribution in [2.75, 3.05) is 12.0 Å². The minimum Gasteiger partial charge on any atom is -0.497 e. The zero-order valence-electron chi connectivity index (χ0n) is 17.9. The molecular weight excluding hydrogens is 418 g/mol. The summed E-state index contributed by atoms with van der Waals surface area (Å²) in [4.78, 5) is 2.14. The molecule has 0 saturated carbocycles. The highest BCUT2D eigenvalue weighted by atomic mass is 32.2. The van der Waals surface area contributed by atoms with Crippen LogP contribution in [0, 0.1) is 11.3 Å². The first-order valence-corrected chi connectivity index (χ1v) is 11.6. The highest BCUT2D eigenvalue weighted by Gasteiger charge is 2.30. The van der Waals surface area contributed by atoms with Crippen molar-refractivity contribution < 1.29 is 4.74 Å². The Morgan fingerprint density at radius 3 is 2.59 bits per heavy atom. The third kappa shape index (κ3) is 3.67. The largest absolute Gasteiger partial charge is 0.497 e. The van der Waals surface area contributed by atoms with Crippen molar-refractivity contribution >= 4 is 28.7 Å². The Hall–Kier alpha value is -3.50. The number of aromatic nitrogens is 3. The van der Waals surface area contributed by atoms with Crippen molar-refractivity contribution in [3.63, 3.8) is 0 Å². The Kier molecular flexibility index (Phi) is 5.70. The summed E-state index contributed by atoms with van der Waals surface area (Å²) in [7, 11) is 1.66. The second kappa shape index (κ2) is 8.93. The molecule has 0 N–H and O–H groups in total. The number of ether oxygens (including phenoxy) is 1. The number of rotatable bonds is 4. The van der Waals surface area contributed by atoms with Crippen LogP contribution in [-0.2, 0) is 13.0 Å². The fourth-order valence-electron chi connectivity index (χ4n) is 4.15. The average molecular weight is 442 g/mol. The molecule has 0 unspecified atom stereocenters. The van der Waals surface area contributed by atoms with E-state index in [1.165, 1.54) is 6.42 Å². The molecule has 6 nitrogen and oxygen atoms in total. The topological polar surface area (TPSA) is 67.0 Å². The van der Waals surface area contributed by atoms with Crippen LogP contribution in [-0.4, -0.2) is 21.9 Å². The summed E-state index contributed by atoms with van der Waals surface area (Å²) in [5.41, 5.74) is 3.62. The number of hydrogen-bond donors (Lipinski definition) is 0. The molecule has 0 spiro atoms. The molecule has 0 radical (unpaired) electrons. The molecule has 2 aliphatic rings. The van der Waals surface area contributed by atoms with E-state index >= 15 is 0 Å². The first kappa shape index (κ1) is 20.4. The smallest absolute Gasteiger partial charge is 0.177 e. The molecule has 5 rings (SSSR count). The third-order valence-electron chi connectivity index (χ3n) is 5.79. The first-order valence-electron chi connectivity index (χ1n) is 10.7. The molecule has 2 aliphatic heterocycles. The van der Waals surface area contributed by atoms with Crippen LogP contribution in [0.5, 0.6) is 5.75 Å². The van der Waals surface area contributed by atoms with E-state index < -0.39 is 0 Å². The number of methoxy groups -OCH3 is 1. The maximum atomic E-state index is 10.3. The van der Waals surface area contributed by atoms with Gasteiger partial charge in [-0.2, -0.15) is 5.26 Å². The minimum absolute atomic E-state index is 0.555. The zero-order valence-corrected chi connectivity index (χ0v) is 18.7. The Bertz CT molecular complexity index is 1220. The molecule has 160 valence electrons. The number of para-hydroxylation sites is 1. The minimum atomic E-state index is 0.555. The molecule has 0 aliphatic carbocycles. The van der Waals surface area contributed by atoms with Crippen molar-refractivity contribution in [1.82, 2.24) is 14.8 Å². The van der Waals surface area contributed by atoms with Gasteiger partial charge in [0.05, 0.1) is 12.8 Å². The van der Waals surface area contributed by atoms with E-state index in [1.807, 2.05) is 42.5 Å². The van der Waals surface area contributed by atoms with Gasteiger partial charge in [0.25, 0.3) is 0 Å². The van der Waals surface area contributed by atoms with Gasteiger partial charge < -0.3 is 14.2 Å². The van der Waals surface area contributed by atoms with Crippen molar-refractivity contribution in [2.24, 2.45) is 0 Å². The fourth-order valence-corrected chi connectivity index (χ4v) is 5.18. The molecule has 0 saturated heterocycles. The number of fused-ring (bicyclic) bond motifs is 1. The van der Waals surface area contributed by atoms with Crippen molar-refractivity contribution in [1.29, 1.82) is 5.26 Å². The van der Waals surface area contributed by atoms with Gasteiger partial charge in [-0.25, -0.2) is 0 Å². The summed E-state index contributed by atoms with van der Waals surface area (Å²) < 4.78 is 7.46. The number of benzene rings is 2. The maximum absolute atomic E-state index is 10.3. The van der Waals surface area contributed by atoms with E-state index in [1.54, 1.807) is 18.9 Å². The van der Waals surface area contributed by atoms with E-state index in [9.17, 15) is 5.26 Å². The van der Waals surface area contributed by atoms with Gasteiger partial charge in [0, 0.05) is 24.1 Å². The summed E-state index contributed by atoms with van der Waals surface area (Å²) in [5.74, 6) is 2.45. The van der Waals surface area contributed by atoms with Gasteiger partial charge in [-0.1, -0.05) is 36.4 Å². The van der Waals surface area contributed by atoms with Crippen LogP contribution in [0.25, 0.3) is 11.3 Å². The zero-order chi connectivity index (χ0) is 21.9. The number of anilines is 1. The van der Waals surface area contributed by atoms with Crippen LogP contribution in [0.1, 0.15) is 36.5 Å². The molecule has 0 fully saturated rings. The first-order chi connectivity index (χ1) is 15.8.